The number of hydrogen-bond acceptors (Lipinski definition) is 4. The number of amides is 2. The molecule has 1 aromatic rings. The Labute approximate surface area is 142 Å². The summed E-state index contributed by atoms with van der Waals surface area (Å²) < 4.78 is 5.99. The van der Waals surface area contributed by atoms with E-state index >= 15 is 0 Å². The maximum absolute atomic E-state index is 12.8. The first kappa shape index (κ1) is 16.7. The van der Waals surface area contributed by atoms with Crippen LogP contribution >= 0.6 is 0 Å². The molecule has 2 saturated heterocycles. The number of carbonyl (C=O) groups is 2. The summed E-state index contributed by atoms with van der Waals surface area (Å²) in [6, 6.07) is 3.55. The molecule has 2 fully saturated rings. The van der Waals surface area contributed by atoms with Crippen LogP contribution in [0.4, 0.5) is 0 Å². The van der Waals surface area contributed by atoms with Crippen molar-refractivity contribution in [1.29, 1.82) is 0 Å². The van der Waals surface area contributed by atoms with E-state index in [-0.39, 0.29) is 17.9 Å². The minimum atomic E-state index is -0.0942. The zero-order chi connectivity index (χ0) is 16.9. The minimum absolute atomic E-state index is 0.00251. The number of rotatable bonds is 4. The Morgan fingerprint density at radius 1 is 1.21 bits per heavy atom. The summed E-state index contributed by atoms with van der Waals surface area (Å²) in [5, 5.41) is 0. The minimum Gasteiger partial charge on any atom is -0.472 e. The molecule has 1 aromatic heterocycles. The number of pyridine rings is 1. The van der Waals surface area contributed by atoms with Crippen molar-refractivity contribution in [1.82, 2.24) is 14.8 Å². The molecule has 0 aliphatic carbocycles. The lowest BCUT2D eigenvalue weighted by atomic mass is 10.1. The van der Waals surface area contributed by atoms with E-state index in [2.05, 4.69) is 4.98 Å². The molecule has 2 aliphatic rings. The largest absolute Gasteiger partial charge is 0.472 e. The molecule has 6 heteroatoms. The maximum Gasteiger partial charge on any atom is 0.259 e. The molecular formula is C18H25N3O3. The first-order chi connectivity index (χ1) is 11.7. The van der Waals surface area contributed by atoms with E-state index in [0.29, 0.717) is 31.0 Å². The molecule has 2 aliphatic heterocycles. The fourth-order valence-electron chi connectivity index (χ4n) is 3.35. The summed E-state index contributed by atoms with van der Waals surface area (Å²) in [5.41, 5.74) is 0.527. The van der Waals surface area contributed by atoms with Gasteiger partial charge in [0, 0.05) is 38.7 Å². The summed E-state index contributed by atoms with van der Waals surface area (Å²) >= 11 is 0. The number of ether oxygens (including phenoxy) is 1. The summed E-state index contributed by atoms with van der Waals surface area (Å²) in [5.74, 6) is 0.535. The van der Waals surface area contributed by atoms with Gasteiger partial charge in [-0.2, -0.15) is 0 Å². The standard InChI is InChI=1S/C18H25N3O3/c1-2-16(22)21-12-8-14(13-21)24-17-15(7-6-9-19-17)18(23)20-10-4-3-5-11-20/h6-7,9,14H,2-5,8,10-13H2,1H3. The molecule has 0 aromatic carbocycles. The van der Waals surface area contributed by atoms with Gasteiger partial charge in [-0.15, -0.1) is 0 Å². The van der Waals surface area contributed by atoms with Gasteiger partial charge < -0.3 is 14.5 Å². The second-order valence-electron chi connectivity index (χ2n) is 6.43. The van der Waals surface area contributed by atoms with Crippen LogP contribution in [0.5, 0.6) is 5.88 Å². The highest BCUT2D eigenvalue weighted by atomic mass is 16.5. The van der Waals surface area contributed by atoms with Gasteiger partial charge in [0.25, 0.3) is 5.91 Å². The number of piperidine rings is 1. The van der Waals surface area contributed by atoms with Gasteiger partial charge in [0.05, 0.1) is 6.54 Å². The second-order valence-corrected chi connectivity index (χ2v) is 6.43. The quantitative estimate of drug-likeness (QED) is 0.847. The summed E-state index contributed by atoms with van der Waals surface area (Å²) in [4.78, 5) is 32.5. The number of carbonyl (C=O) groups excluding carboxylic acids is 2. The van der Waals surface area contributed by atoms with Crippen LogP contribution in [0.3, 0.4) is 0 Å². The number of likely N-dealkylation sites (tertiary alicyclic amines) is 2. The molecule has 0 radical (unpaired) electrons. The van der Waals surface area contributed by atoms with Crippen LogP contribution in [0, 0.1) is 0 Å². The molecule has 24 heavy (non-hydrogen) atoms. The lowest BCUT2D eigenvalue weighted by Gasteiger charge is -2.27. The Bertz CT molecular complexity index is 599. The zero-order valence-corrected chi connectivity index (χ0v) is 14.2. The molecule has 1 unspecified atom stereocenters. The van der Waals surface area contributed by atoms with Crippen molar-refractivity contribution in [2.75, 3.05) is 26.2 Å². The van der Waals surface area contributed by atoms with Gasteiger partial charge in [-0.25, -0.2) is 4.98 Å². The van der Waals surface area contributed by atoms with Gasteiger partial charge in [0.1, 0.15) is 11.7 Å². The van der Waals surface area contributed by atoms with Crippen LogP contribution in [0.2, 0.25) is 0 Å². The predicted molar refractivity (Wildman–Crippen MR) is 89.9 cm³/mol. The van der Waals surface area contributed by atoms with E-state index in [0.717, 1.165) is 32.4 Å². The van der Waals surface area contributed by atoms with Gasteiger partial charge in [-0.1, -0.05) is 6.92 Å². The van der Waals surface area contributed by atoms with Gasteiger partial charge >= 0.3 is 0 Å². The Balaban J connectivity index is 1.68. The van der Waals surface area contributed by atoms with Crippen LogP contribution in [0.25, 0.3) is 0 Å². The molecule has 0 bridgehead atoms. The number of hydrogen-bond donors (Lipinski definition) is 0. The van der Waals surface area contributed by atoms with E-state index < -0.39 is 0 Å². The van der Waals surface area contributed by atoms with Gasteiger partial charge in [0.2, 0.25) is 11.8 Å². The maximum atomic E-state index is 12.8. The fraction of sp³-hybridized carbons (Fsp3) is 0.611. The first-order valence-corrected chi connectivity index (χ1v) is 8.87. The van der Waals surface area contributed by atoms with Crippen LogP contribution in [-0.4, -0.2) is 58.9 Å². The van der Waals surface area contributed by atoms with Crippen molar-refractivity contribution in [2.24, 2.45) is 0 Å². The van der Waals surface area contributed by atoms with E-state index in [1.54, 1.807) is 18.3 Å². The van der Waals surface area contributed by atoms with Crippen LogP contribution in [-0.2, 0) is 4.79 Å². The van der Waals surface area contributed by atoms with Crippen molar-refractivity contribution in [3.63, 3.8) is 0 Å². The Kier molecular flexibility index (Phi) is 5.33. The highest BCUT2D eigenvalue weighted by molar-refractivity contribution is 5.96. The third-order valence-electron chi connectivity index (χ3n) is 4.72. The summed E-state index contributed by atoms with van der Waals surface area (Å²) in [6.45, 7) is 4.75. The number of aromatic nitrogens is 1. The normalized spacial score (nSPS) is 21.0. The third-order valence-corrected chi connectivity index (χ3v) is 4.72. The van der Waals surface area contributed by atoms with Crippen molar-refractivity contribution in [3.8, 4) is 5.88 Å². The van der Waals surface area contributed by atoms with E-state index in [9.17, 15) is 9.59 Å². The molecule has 0 spiro atoms. The van der Waals surface area contributed by atoms with Crippen molar-refractivity contribution in [2.45, 2.75) is 45.1 Å². The van der Waals surface area contributed by atoms with Gasteiger partial charge in [0.15, 0.2) is 0 Å². The first-order valence-electron chi connectivity index (χ1n) is 8.87. The Morgan fingerprint density at radius 3 is 2.75 bits per heavy atom. The fourth-order valence-corrected chi connectivity index (χ4v) is 3.35. The molecule has 1 atom stereocenters. The molecule has 2 amide bonds. The Morgan fingerprint density at radius 2 is 2.00 bits per heavy atom. The summed E-state index contributed by atoms with van der Waals surface area (Å²) in [6.07, 6.45) is 6.13. The number of nitrogens with zero attached hydrogens (tertiary/aromatic N) is 3. The topological polar surface area (TPSA) is 62.7 Å². The van der Waals surface area contributed by atoms with Gasteiger partial charge in [-0.3, -0.25) is 9.59 Å². The highest BCUT2D eigenvalue weighted by Crippen LogP contribution is 2.23. The SMILES string of the molecule is CCC(=O)N1CCC(Oc2ncccc2C(=O)N2CCCCC2)C1. The molecule has 3 rings (SSSR count). The van der Waals surface area contributed by atoms with Crippen LogP contribution < -0.4 is 4.74 Å². The monoisotopic (exact) mass is 331 g/mol. The second kappa shape index (κ2) is 7.64. The molecule has 6 nitrogen and oxygen atoms in total. The molecule has 130 valence electrons. The van der Waals surface area contributed by atoms with Crippen molar-refractivity contribution in [3.05, 3.63) is 23.9 Å². The average Bonchev–Trinajstić information content (AvgIpc) is 3.10. The van der Waals surface area contributed by atoms with Gasteiger partial charge in [-0.05, 0) is 31.4 Å². The average molecular weight is 331 g/mol. The lowest BCUT2D eigenvalue weighted by Crippen LogP contribution is -2.36. The third kappa shape index (κ3) is 3.68. The Hall–Kier alpha value is -2.11. The van der Waals surface area contributed by atoms with E-state index in [4.69, 9.17) is 4.74 Å². The predicted octanol–water partition coefficient (Wildman–Crippen LogP) is 2.10. The lowest BCUT2D eigenvalue weighted by molar-refractivity contribution is -0.130. The van der Waals surface area contributed by atoms with Crippen LogP contribution in [0.15, 0.2) is 18.3 Å². The highest BCUT2D eigenvalue weighted by Gasteiger charge is 2.29. The molecular weight excluding hydrogens is 306 g/mol. The molecule has 3 heterocycles. The van der Waals surface area contributed by atoms with Crippen molar-refractivity contribution < 1.29 is 14.3 Å². The molecule has 0 saturated carbocycles. The van der Waals surface area contributed by atoms with Crippen LogP contribution in [0.1, 0.15) is 49.4 Å². The van der Waals surface area contributed by atoms with Crippen molar-refractivity contribution >= 4 is 11.8 Å². The smallest absolute Gasteiger partial charge is 0.259 e. The van der Waals surface area contributed by atoms with E-state index in [1.165, 1.54) is 6.42 Å². The zero-order valence-electron chi connectivity index (χ0n) is 14.2. The summed E-state index contributed by atoms with van der Waals surface area (Å²) in [7, 11) is 0. The molecule has 0 N–H and O–H groups in total. The van der Waals surface area contributed by atoms with E-state index in [1.807, 2.05) is 16.7 Å².